The van der Waals surface area contributed by atoms with Crippen molar-refractivity contribution in [1.29, 1.82) is 0 Å². The van der Waals surface area contributed by atoms with Crippen molar-refractivity contribution in [3.05, 3.63) is 41.3 Å². The average Bonchev–Trinajstić information content (AvgIpc) is 2.87. The maximum absolute atomic E-state index is 12.7. The van der Waals surface area contributed by atoms with Crippen LogP contribution in [0.5, 0.6) is 0 Å². The van der Waals surface area contributed by atoms with Crippen LogP contribution in [-0.4, -0.2) is 17.2 Å². The molecule has 21 heavy (non-hydrogen) atoms. The van der Waals surface area contributed by atoms with Crippen LogP contribution < -0.4 is 4.90 Å². The maximum Gasteiger partial charge on any atom is 0.416 e. The minimum atomic E-state index is -4.34. The quantitative estimate of drug-likeness (QED) is 0.844. The molecule has 0 bridgehead atoms. The van der Waals surface area contributed by atoms with Crippen LogP contribution in [0.1, 0.15) is 30.4 Å². The summed E-state index contributed by atoms with van der Waals surface area (Å²) in [5.74, 6) is 0.531. The third-order valence-electron chi connectivity index (χ3n) is 2.92. The van der Waals surface area contributed by atoms with Gasteiger partial charge in [-0.3, -0.25) is 0 Å². The highest BCUT2D eigenvalue weighted by Gasteiger charge is 2.30. The predicted molar refractivity (Wildman–Crippen MR) is 71.8 cm³/mol. The van der Waals surface area contributed by atoms with Crippen molar-refractivity contribution in [3.63, 3.8) is 0 Å². The van der Waals surface area contributed by atoms with Crippen LogP contribution in [0.3, 0.4) is 0 Å². The summed E-state index contributed by atoms with van der Waals surface area (Å²) >= 11 is 0. The van der Waals surface area contributed by atoms with E-state index in [1.54, 1.807) is 18.0 Å². The van der Waals surface area contributed by atoms with Crippen LogP contribution in [0.4, 0.5) is 19.2 Å². The first-order chi connectivity index (χ1) is 9.90. The third kappa shape index (κ3) is 3.96. The highest BCUT2D eigenvalue weighted by atomic mass is 19.4. The molecule has 0 N–H and O–H groups in total. The second-order valence-corrected chi connectivity index (χ2v) is 4.78. The van der Waals surface area contributed by atoms with Gasteiger partial charge in [-0.05, 0) is 24.1 Å². The Balaban J connectivity index is 2.10. The smallest absolute Gasteiger partial charge is 0.408 e. The SMILES string of the molecule is CCCc1nnc(N(C)Cc2cccc(C(F)(F)F)c2)o1. The highest BCUT2D eigenvalue weighted by Crippen LogP contribution is 2.29. The molecule has 0 atom stereocenters. The fourth-order valence-electron chi connectivity index (χ4n) is 1.90. The van der Waals surface area contributed by atoms with E-state index >= 15 is 0 Å². The highest BCUT2D eigenvalue weighted by molar-refractivity contribution is 5.31. The molecule has 2 rings (SSSR count). The fraction of sp³-hybridized carbons (Fsp3) is 0.429. The Hall–Kier alpha value is -2.05. The van der Waals surface area contributed by atoms with Gasteiger partial charge in [-0.1, -0.05) is 24.2 Å². The Morgan fingerprint density at radius 1 is 1.24 bits per heavy atom. The molecule has 0 unspecified atom stereocenters. The normalized spacial score (nSPS) is 11.7. The van der Waals surface area contributed by atoms with Crippen molar-refractivity contribution in [2.24, 2.45) is 0 Å². The van der Waals surface area contributed by atoms with Gasteiger partial charge >= 0.3 is 12.2 Å². The number of hydrogen-bond acceptors (Lipinski definition) is 4. The van der Waals surface area contributed by atoms with Crippen molar-refractivity contribution in [3.8, 4) is 0 Å². The number of aryl methyl sites for hydroxylation is 1. The molecule has 0 aliphatic carbocycles. The van der Waals surface area contributed by atoms with Gasteiger partial charge in [-0.2, -0.15) is 13.2 Å². The van der Waals surface area contributed by atoms with Gasteiger partial charge in [0.25, 0.3) is 0 Å². The molecule has 0 aliphatic rings. The van der Waals surface area contributed by atoms with Crippen molar-refractivity contribution >= 4 is 6.01 Å². The number of halogens is 3. The first-order valence-corrected chi connectivity index (χ1v) is 6.60. The Morgan fingerprint density at radius 2 is 2.00 bits per heavy atom. The van der Waals surface area contributed by atoms with Gasteiger partial charge in [-0.15, -0.1) is 5.10 Å². The van der Waals surface area contributed by atoms with E-state index in [4.69, 9.17) is 4.42 Å². The van der Waals surface area contributed by atoms with Crippen LogP contribution >= 0.6 is 0 Å². The molecular formula is C14H16F3N3O. The predicted octanol–water partition coefficient (Wildman–Crippen LogP) is 3.68. The molecule has 2 aromatic rings. The van der Waals surface area contributed by atoms with E-state index in [1.165, 1.54) is 6.07 Å². The van der Waals surface area contributed by atoms with Crippen LogP contribution in [-0.2, 0) is 19.1 Å². The Kier molecular flexibility index (Phi) is 4.50. The van der Waals surface area contributed by atoms with Crippen LogP contribution in [0.15, 0.2) is 28.7 Å². The van der Waals surface area contributed by atoms with Crippen molar-refractivity contribution in [1.82, 2.24) is 10.2 Å². The van der Waals surface area contributed by atoms with E-state index in [2.05, 4.69) is 10.2 Å². The van der Waals surface area contributed by atoms with Crippen molar-refractivity contribution < 1.29 is 17.6 Å². The number of aromatic nitrogens is 2. The summed E-state index contributed by atoms with van der Waals surface area (Å²) in [4.78, 5) is 1.63. The molecule has 0 saturated heterocycles. The van der Waals surface area contributed by atoms with Crippen LogP contribution in [0, 0.1) is 0 Å². The summed E-state index contributed by atoms with van der Waals surface area (Å²) in [7, 11) is 1.70. The molecule has 0 amide bonds. The lowest BCUT2D eigenvalue weighted by Gasteiger charge is -2.15. The van der Waals surface area contributed by atoms with E-state index in [0.717, 1.165) is 18.6 Å². The second kappa shape index (κ2) is 6.15. The molecule has 1 aromatic heterocycles. The van der Waals surface area contributed by atoms with Gasteiger partial charge < -0.3 is 9.32 Å². The topological polar surface area (TPSA) is 42.2 Å². The summed E-state index contributed by atoms with van der Waals surface area (Å²) < 4.78 is 43.4. The van der Waals surface area contributed by atoms with Gasteiger partial charge in [0.2, 0.25) is 5.89 Å². The van der Waals surface area contributed by atoms with E-state index in [0.29, 0.717) is 23.9 Å². The number of hydrogen-bond donors (Lipinski definition) is 0. The van der Waals surface area contributed by atoms with Gasteiger partial charge in [-0.25, -0.2) is 0 Å². The van der Waals surface area contributed by atoms with E-state index < -0.39 is 11.7 Å². The first kappa shape index (κ1) is 15.3. The molecule has 0 spiro atoms. The zero-order chi connectivity index (χ0) is 15.5. The van der Waals surface area contributed by atoms with Gasteiger partial charge in [0.05, 0.1) is 5.56 Å². The molecule has 7 heteroatoms. The minimum absolute atomic E-state index is 0.262. The Morgan fingerprint density at radius 3 is 2.67 bits per heavy atom. The molecule has 114 valence electrons. The molecule has 1 aromatic carbocycles. The summed E-state index contributed by atoms with van der Waals surface area (Å²) in [6.07, 6.45) is -2.77. The zero-order valence-electron chi connectivity index (χ0n) is 11.8. The van der Waals surface area contributed by atoms with E-state index in [-0.39, 0.29) is 6.54 Å². The minimum Gasteiger partial charge on any atom is -0.408 e. The Bertz CT molecular complexity index is 595. The van der Waals surface area contributed by atoms with Crippen molar-refractivity contribution in [2.45, 2.75) is 32.5 Å². The molecule has 0 aliphatic heterocycles. The van der Waals surface area contributed by atoms with Gasteiger partial charge in [0, 0.05) is 20.0 Å². The molecular weight excluding hydrogens is 283 g/mol. The number of anilines is 1. The summed E-state index contributed by atoms with van der Waals surface area (Å²) in [6, 6.07) is 5.50. The zero-order valence-corrected chi connectivity index (χ0v) is 11.8. The molecule has 0 radical (unpaired) electrons. The standard InChI is InChI=1S/C14H16F3N3O/c1-3-5-12-18-19-13(21-12)20(2)9-10-6-4-7-11(8-10)14(15,16)17/h4,6-8H,3,5,9H2,1-2H3. The molecule has 4 nitrogen and oxygen atoms in total. The van der Waals surface area contributed by atoms with Crippen LogP contribution in [0.25, 0.3) is 0 Å². The Labute approximate surface area is 120 Å². The maximum atomic E-state index is 12.7. The number of benzene rings is 1. The summed E-state index contributed by atoms with van der Waals surface area (Å²) in [5, 5.41) is 7.78. The number of alkyl halides is 3. The monoisotopic (exact) mass is 299 g/mol. The number of rotatable bonds is 5. The molecule has 0 saturated carbocycles. The first-order valence-electron chi connectivity index (χ1n) is 6.60. The summed E-state index contributed by atoms with van der Waals surface area (Å²) in [6.45, 7) is 2.26. The lowest BCUT2D eigenvalue weighted by Crippen LogP contribution is -2.17. The lowest BCUT2D eigenvalue weighted by molar-refractivity contribution is -0.137. The largest absolute Gasteiger partial charge is 0.416 e. The number of nitrogens with zero attached hydrogens (tertiary/aromatic N) is 3. The van der Waals surface area contributed by atoms with Gasteiger partial charge in [0.15, 0.2) is 0 Å². The third-order valence-corrected chi connectivity index (χ3v) is 2.92. The second-order valence-electron chi connectivity index (χ2n) is 4.78. The van der Waals surface area contributed by atoms with Crippen LogP contribution in [0.2, 0.25) is 0 Å². The van der Waals surface area contributed by atoms with E-state index in [1.807, 2.05) is 6.92 Å². The average molecular weight is 299 g/mol. The van der Waals surface area contributed by atoms with E-state index in [9.17, 15) is 13.2 Å². The fourth-order valence-corrected chi connectivity index (χ4v) is 1.90. The lowest BCUT2D eigenvalue weighted by atomic mass is 10.1. The van der Waals surface area contributed by atoms with Crippen molar-refractivity contribution in [2.75, 3.05) is 11.9 Å². The molecule has 1 heterocycles. The summed E-state index contributed by atoms with van der Waals surface area (Å²) in [5.41, 5.74) is -0.131. The molecule has 0 fully saturated rings. The van der Waals surface area contributed by atoms with Gasteiger partial charge in [0.1, 0.15) is 0 Å².